The van der Waals surface area contributed by atoms with E-state index < -0.39 is 5.97 Å². The maximum atomic E-state index is 10.2. The second-order valence-electron chi connectivity index (χ2n) is 3.03. The Hall–Kier alpha value is -1.79. The van der Waals surface area contributed by atoms with Crippen LogP contribution in [0.5, 0.6) is 0 Å². The highest BCUT2D eigenvalue weighted by atomic mass is 16.5. The van der Waals surface area contributed by atoms with E-state index in [1.165, 1.54) is 0 Å². The SMILES string of the molecule is O=C(O)C#Cc1ccc2c(c1)COC2. The van der Waals surface area contributed by atoms with Gasteiger partial charge >= 0.3 is 5.97 Å². The molecule has 0 radical (unpaired) electrons. The van der Waals surface area contributed by atoms with Crippen molar-refractivity contribution in [3.05, 3.63) is 34.9 Å². The molecule has 3 nitrogen and oxygen atoms in total. The van der Waals surface area contributed by atoms with Crippen LogP contribution in [0.15, 0.2) is 18.2 Å². The summed E-state index contributed by atoms with van der Waals surface area (Å²) in [6.07, 6.45) is 0. The number of fused-ring (bicyclic) bond motifs is 1. The number of hydrogen-bond acceptors (Lipinski definition) is 2. The van der Waals surface area contributed by atoms with Crippen molar-refractivity contribution < 1.29 is 14.6 Å². The van der Waals surface area contributed by atoms with Crippen molar-refractivity contribution in [2.75, 3.05) is 0 Å². The summed E-state index contributed by atoms with van der Waals surface area (Å²) in [6, 6.07) is 5.61. The van der Waals surface area contributed by atoms with Crippen LogP contribution in [-0.4, -0.2) is 11.1 Å². The number of carbonyl (C=O) groups is 1. The Morgan fingerprint density at radius 1 is 1.36 bits per heavy atom. The van der Waals surface area contributed by atoms with Gasteiger partial charge in [-0.2, -0.15) is 0 Å². The summed E-state index contributed by atoms with van der Waals surface area (Å²) in [4.78, 5) is 10.2. The number of rotatable bonds is 0. The number of benzene rings is 1. The van der Waals surface area contributed by atoms with E-state index in [0.717, 1.165) is 16.7 Å². The van der Waals surface area contributed by atoms with Gasteiger partial charge in [0.1, 0.15) is 0 Å². The topological polar surface area (TPSA) is 46.5 Å². The molecule has 1 aliphatic heterocycles. The molecular formula is C11H8O3. The molecule has 0 amide bonds. The number of ether oxygens (including phenoxy) is 1. The van der Waals surface area contributed by atoms with Crippen LogP contribution in [0.2, 0.25) is 0 Å². The van der Waals surface area contributed by atoms with E-state index in [-0.39, 0.29) is 0 Å². The molecular weight excluding hydrogens is 180 g/mol. The molecule has 0 unspecified atom stereocenters. The maximum absolute atomic E-state index is 10.2. The monoisotopic (exact) mass is 188 g/mol. The van der Waals surface area contributed by atoms with Gasteiger partial charge in [0.2, 0.25) is 0 Å². The number of hydrogen-bond donors (Lipinski definition) is 1. The smallest absolute Gasteiger partial charge is 0.382 e. The Balaban J connectivity index is 2.30. The largest absolute Gasteiger partial charge is 0.472 e. The summed E-state index contributed by atoms with van der Waals surface area (Å²) in [5, 5.41) is 8.37. The third-order valence-electron chi connectivity index (χ3n) is 2.04. The molecule has 0 aromatic heterocycles. The normalized spacial score (nSPS) is 12.9. The van der Waals surface area contributed by atoms with Crippen LogP contribution in [0.25, 0.3) is 0 Å². The first-order valence-corrected chi connectivity index (χ1v) is 4.20. The molecule has 1 aromatic rings. The Morgan fingerprint density at radius 3 is 2.93 bits per heavy atom. The fraction of sp³-hybridized carbons (Fsp3) is 0.182. The van der Waals surface area contributed by atoms with Crippen molar-refractivity contribution in [1.82, 2.24) is 0 Å². The van der Waals surface area contributed by atoms with Crippen LogP contribution >= 0.6 is 0 Å². The molecule has 1 N–H and O–H groups in total. The first-order chi connectivity index (χ1) is 6.75. The lowest BCUT2D eigenvalue weighted by atomic mass is 10.1. The molecule has 2 rings (SSSR count). The Kier molecular flexibility index (Phi) is 2.21. The van der Waals surface area contributed by atoms with E-state index in [0.29, 0.717) is 13.2 Å². The fourth-order valence-electron chi connectivity index (χ4n) is 1.38. The third-order valence-corrected chi connectivity index (χ3v) is 2.04. The summed E-state index contributed by atoms with van der Waals surface area (Å²) >= 11 is 0. The van der Waals surface area contributed by atoms with Gasteiger partial charge in [-0.05, 0) is 23.3 Å². The molecule has 0 saturated carbocycles. The molecule has 0 saturated heterocycles. The van der Waals surface area contributed by atoms with Gasteiger partial charge in [-0.25, -0.2) is 4.79 Å². The van der Waals surface area contributed by atoms with Crippen LogP contribution in [-0.2, 0) is 22.7 Å². The second kappa shape index (κ2) is 3.52. The van der Waals surface area contributed by atoms with Crippen LogP contribution < -0.4 is 0 Å². The predicted octanol–water partition coefficient (Wildman–Crippen LogP) is 1.15. The minimum Gasteiger partial charge on any atom is -0.472 e. The highest BCUT2D eigenvalue weighted by Crippen LogP contribution is 2.20. The van der Waals surface area contributed by atoms with E-state index >= 15 is 0 Å². The van der Waals surface area contributed by atoms with E-state index in [4.69, 9.17) is 9.84 Å². The average Bonchev–Trinajstić information content (AvgIpc) is 2.61. The van der Waals surface area contributed by atoms with Crippen molar-refractivity contribution in [3.8, 4) is 11.8 Å². The molecule has 3 heteroatoms. The summed E-state index contributed by atoms with van der Waals surface area (Å²) in [5.74, 6) is 3.54. The van der Waals surface area contributed by atoms with Gasteiger partial charge in [0.25, 0.3) is 0 Å². The number of carboxylic acids is 1. The van der Waals surface area contributed by atoms with Gasteiger partial charge in [-0.3, -0.25) is 0 Å². The minimum absolute atomic E-state index is 0.595. The zero-order valence-electron chi connectivity index (χ0n) is 7.41. The lowest BCUT2D eigenvalue weighted by Gasteiger charge is -1.95. The number of aliphatic carboxylic acids is 1. The van der Waals surface area contributed by atoms with Gasteiger partial charge in [-0.1, -0.05) is 12.0 Å². The molecule has 0 aliphatic carbocycles. The lowest BCUT2D eigenvalue weighted by Crippen LogP contribution is -1.88. The number of carboxylic acid groups (broad SMARTS) is 1. The Morgan fingerprint density at radius 2 is 2.14 bits per heavy atom. The van der Waals surface area contributed by atoms with Crippen LogP contribution in [0.1, 0.15) is 16.7 Å². The van der Waals surface area contributed by atoms with Crippen LogP contribution in [0, 0.1) is 11.8 Å². The molecule has 70 valence electrons. The minimum atomic E-state index is -1.11. The first-order valence-electron chi connectivity index (χ1n) is 4.20. The van der Waals surface area contributed by atoms with E-state index in [9.17, 15) is 4.79 Å². The Bertz CT molecular complexity index is 438. The fourth-order valence-corrected chi connectivity index (χ4v) is 1.38. The molecule has 1 aromatic carbocycles. The first kappa shape index (κ1) is 8.79. The summed E-state index contributed by atoms with van der Waals surface area (Å²) in [5.41, 5.74) is 2.98. The van der Waals surface area contributed by atoms with Crippen LogP contribution in [0.3, 0.4) is 0 Å². The summed E-state index contributed by atoms with van der Waals surface area (Å²) < 4.78 is 5.23. The van der Waals surface area contributed by atoms with Crippen molar-refractivity contribution in [2.45, 2.75) is 13.2 Å². The van der Waals surface area contributed by atoms with Gasteiger partial charge in [0.15, 0.2) is 0 Å². The average molecular weight is 188 g/mol. The molecule has 1 aliphatic rings. The third kappa shape index (κ3) is 1.76. The van der Waals surface area contributed by atoms with Crippen molar-refractivity contribution in [1.29, 1.82) is 0 Å². The molecule has 14 heavy (non-hydrogen) atoms. The highest BCUT2D eigenvalue weighted by molar-refractivity contribution is 5.87. The van der Waals surface area contributed by atoms with E-state index in [1.807, 2.05) is 18.2 Å². The Labute approximate surface area is 81.3 Å². The summed E-state index contributed by atoms with van der Waals surface area (Å²) in [6.45, 7) is 1.24. The van der Waals surface area contributed by atoms with Gasteiger partial charge < -0.3 is 9.84 Å². The summed E-state index contributed by atoms with van der Waals surface area (Å²) in [7, 11) is 0. The lowest BCUT2D eigenvalue weighted by molar-refractivity contribution is -0.130. The molecule has 0 bridgehead atoms. The quantitative estimate of drug-likeness (QED) is 0.621. The van der Waals surface area contributed by atoms with Gasteiger partial charge in [0, 0.05) is 11.5 Å². The molecule has 1 heterocycles. The van der Waals surface area contributed by atoms with Crippen LogP contribution in [0.4, 0.5) is 0 Å². The van der Waals surface area contributed by atoms with Gasteiger partial charge in [-0.15, -0.1) is 0 Å². The molecule has 0 fully saturated rings. The van der Waals surface area contributed by atoms with Crippen molar-refractivity contribution >= 4 is 5.97 Å². The zero-order valence-corrected chi connectivity index (χ0v) is 7.41. The predicted molar refractivity (Wildman–Crippen MR) is 49.4 cm³/mol. The van der Waals surface area contributed by atoms with E-state index in [1.54, 1.807) is 0 Å². The maximum Gasteiger partial charge on any atom is 0.382 e. The molecule has 0 spiro atoms. The zero-order chi connectivity index (χ0) is 9.97. The van der Waals surface area contributed by atoms with Crippen molar-refractivity contribution in [3.63, 3.8) is 0 Å². The standard InChI is InChI=1S/C11H8O3/c12-11(13)4-2-8-1-3-9-6-14-7-10(9)5-8/h1,3,5H,6-7H2,(H,12,13). The van der Waals surface area contributed by atoms with Gasteiger partial charge in [0.05, 0.1) is 13.2 Å². The van der Waals surface area contributed by atoms with Crippen molar-refractivity contribution in [2.24, 2.45) is 0 Å². The van der Waals surface area contributed by atoms with E-state index in [2.05, 4.69) is 11.8 Å². The highest BCUT2D eigenvalue weighted by Gasteiger charge is 2.10. The molecule has 0 atom stereocenters. The second-order valence-corrected chi connectivity index (χ2v) is 3.03.